The van der Waals surface area contributed by atoms with Gasteiger partial charge in [0, 0.05) is 0 Å². The lowest BCUT2D eigenvalue weighted by Gasteiger charge is -2.22. The van der Waals surface area contributed by atoms with Crippen molar-refractivity contribution in [1.29, 1.82) is 0 Å². The van der Waals surface area contributed by atoms with E-state index in [2.05, 4.69) is 31.9 Å². The Morgan fingerprint density at radius 1 is 1.35 bits per heavy atom. The Kier molecular flexibility index (Phi) is 3.24. The summed E-state index contributed by atoms with van der Waals surface area (Å²) in [6.07, 6.45) is -4.49. The fourth-order valence-corrected chi connectivity index (χ4v) is 2.44. The molecule has 0 aromatic heterocycles. The Labute approximate surface area is 111 Å². The van der Waals surface area contributed by atoms with Crippen molar-refractivity contribution in [2.24, 2.45) is 0 Å². The first-order valence-corrected chi connectivity index (χ1v) is 6.23. The van der Waals surface area contributed by atoms with Crippen molar-refractivity contribution in [2.45, 2.75) is 11.0 Å². The molecule has 0 N–H and O–H groups in total. The number of ether oxygens (including phenoxy) is 1. The van der Waals surface area contributed by atoms with Gasteiger partial charge in [0.2, 0.25) is 0 Å². The third kappa shape index (κ3) is 2.35. The van der Waals surface area contributed by atoms with Crippen molar-refractivity contribution in [3.63, 3.8) is 0 Å². The molecule has 1 unspecified atom stereocenters. The van der Waals surface area contributed by atoms with Crippen LogP contribution in [0.3, 0.4) is 0 Å². The molecule has 1 aliphatic rings. The van der Waals surface area contributed by atoms with Crippen molar-refractivity contribution in [3.05, 3.63) is 27.7 Å². The number of halogens is 5. The van der Waals surface area contributed by atoms with Crippen LogP contribution >= 0.6 is 31.9 Å². The molecule has 7 heteroatoms. The quantitative estimate of drug-likeness (QED) is 0.646. The van der Waals surface area contributed by atoms with Crippen LogP contribution in [0.5, 0.6) is 5.75 Å². The molecule has 1 heterocycles. The van der Waals surface area contributed by atoms with Gasteiger partial charge in [0.05, 0.1) is 15.6 Å². The summed E-state index contributed by atoms with van der Waals surface area (Å²) >= 11 is 6.03. The minimum atomic E-state index is -4.49. The number of alkyl halides is 4. The Bertz CT molecular complexity index is 485. The summed E-state index contributed by atoms with van der Waals surface area (Å²) < 4.78 is 43.1. The van der Waals surface area contributed by atoms with Gasteiger partial charge in [0.1, 0.15) is 17.2 Å². The van der Waals surface area contributed by atoms with Crippen LogP contribution in [-0.4, -0.2) is 17.2 Å². The average Bonchev–Trinajstić information content (AvgIpc) is 2.22. The van der Waals surface area contributed by atoms with Gasteiger partial charge in [-0.25, -0.2) is 0 Å². The van der Waals surface area contributed by atoms with E-state index in [4.69, 9.17) is 4.74 Å². The zero-order chi connectivity index (χ0) is 12.8. The first-order valence-electron chi connectivity index (χ1n) is 4.52. The van der Waals surface area contributed by atoms with Crippen LogP contribution < -0.4 is 4.74 Å². The number of Topliss-reactive ketones (excluding diaryl/α,β-unsaturated/α-hetero) is 1. The maximum Gasteiger partial charge on any atom is 0.416 e. The normalized spacial score (nSPS) is 19.8. The number of fused-ring (bicyclic) bond motifs is 1. The molecule has 0 radical (unpaired) electrons. The van der Waals surface area contributed by atoms with Crippen LogP contribution in [0.25, 0.3) is 0 Å². The number of carbonyl (C=O) groups is 1. The highest BCUT2D eigenvalue weighted by Gasteiger charge is 2.35. The molecule has 0 amide bonds. The molecule has 1 atom stereocenters. The van der Waals surface area contributed by atoms with Crippen molar-refractivity contribution in [1.82, 2.24) is 0 Å². The Morgan fingerprint density at radius 2 is 2.00 bits per heavy atom. The fourth-order valence-electron chi connectivity index (χ4n) is 1.49. The minimum absolute atomic E-state index is 0.0557. The second-order valence-electron chi connectivity index (χ2n) is 3.48. The molecular formula is C10H5Br2F3O2. The van der Waals surface area contributed by atoms with Crippen LogP contribution in [0.1, 0.15) is 15.9 Å². The third-order valence-corrected chi connectivity index (χ3v) is 3.56. The van der Waals surface area contributed by atoms with Crippen LogP contribution in [-0.2, 0) is 6.18 Å². The molecule has 0 saturated carbocycles. The molecule has 0 fully saturated rings. The number of benzene rings is 1. The van der Waals surface area contributed by atoms with Gasteiger partial charge in [-0.05, 0) is 28.1 Å². The highest BCUT2D eigenvalue weighted by molar-refractivity contribution is 9.10. The number of rotatable bonds is 0. The second-order valence-corrected chi connectivity index (χ2v) is 5.43. The average molecular weight is 374 g/mol. The van der Waals surface area contributed by atoms with E-state index in [-0.39, 0.29) is 22.4 Å². The molecule has 2 nitrogen and oxygen atoms in total. The van der Waals surface area contributed by atoms with Gasteiger partial charge >= 0.3 is 6.18 Å². The first kappa shape index (κ1) is 12.9. The number of hydrogen-bond donors (Lipinski definition) is 0. The van der Waals surface area contributed by atoms with Crippen molar-refractivity contribution in [3.8, 4) is 5.75 Å². The summed E-state index contributed by atoms with van der Waals surface area (Å²) in [6, 6.07) is 1.72. The molecule has 0 bridgehead atoms. The SMILES string of the molecule is O=C1c2cc(C(F)(F)F)cc(Br)c2OCC1Br. The molecule has 17 heavy (non-hydrogen) atoms. The number of carbonyl (C=O) groups excluding carboxylic acids is 1. The Hall–Kier alpha value is -0.560. The van der Waals surface area contributed by atoms with Crippen LogP contribution in [0, 0.1) is 0 Å². The smallest absolute Gasteiger partial charge is 0.416 e. The van der Waals surface area contributed by atoms with Crippen LogP contribution in [0.15, 0.2) is 16.6 Å². The van der Waals surface area contributed by atoms with E-state index in [0.29, 0.717) is 0 Å². The zero-order valence-corrected chi connectivity index (χ0v) is 11.3. The summed E-state index contributed by atoms with van der Waals surface area (Å²) in [6.45, 7) is 0.107. The first-order chi connectivity index (χ1) is 7.80. The van der Waals surface area contributed by atoms with Gasteiger partial charge in [0.15, 0.2) is 5.78 Å². The van der Waals surface area contributed by atoms with Gasteiger partial charge < -0.3 is 4.74 Å². The molecular weight excluding hydrogens is 369 g/mol. The van der Waals surface area contributed by atoms with E-state index < -0.39 is 22.4 Å². The minimum Gasteiger partial charge on any atom is -0.490 e. The molecule has 0 aliphatic carbocycles. The van der Waals surface area contributed by atoms with Crippen LogP contribution in [0.2, 0.25) is 0 Å². The largest absolute Gasteiger partial charge is 0.490 e. The van der Waals surface area contributed by atoms with E-state index in [1.54, 1.807) is 0 Å². The lowest BCUT2D eigenvalue weighted by atomic mass is 10.0. The number of ketones is 1. The van der Waals surface area contributed by atoms with Crippen molar-refractivity contribution in [2.75, 3.05) is 6.61 Å². The molecule has 92 valence electrons. The summed E-state index contributed by atoms with van der Waals surface area (Å²) in [7, 11) is 0. The summed E-state index contributed by atoms with van der Waals surface area (Å²) in [5.74, 6) is -0.239. The van der Waals surface area contributed by atoms with Gasteiger partial charge in [-0.15, -0.1) is 0 Å². The fraction of sp³-hybridized carbons (Fsp3) is 0.300. The zero-order valence-electron chi connectivity index (χ0n) is 8.15. The molecule has 1 aromatic carbocycles. The highest BCUT2D eigenvalue weighted by atomic mass is 79.9. The maximum atomic E-state index is 12.6. The van der Waals surface area contributed by atoms with Gasteiger partial charge in [-0.2, -0.15) is 13.2 Å². The topological polar surface area (TPSA) is 26.3 Å². The van der Waals surface area contributed by atoms with E-state index in [9.17, 15) is 18.0 Å². The molecule has 2 rings (SSSR count). The molecule has 1 aliphatic heterocycles. The van der Waals surface area contributed by atoms with Gasteiger partial charge in [-0.3, -0.25) is 4.79 Å². The molecule has 0 spiro atoms. The monoisotopic (exact) mass is 372 g/mol. The standard InChI is InChI=1S/C10H5Br2F3O2/c11-6-2-4(10(13,14)15)1-5-8(16)7(12)3-17-9(5)6/h1-2,7H,3H2. The molecule has 0 saturated heterocycles. The van der Waals surface area contributed by atoms with Crippen molar-refractivity contribution < 1.29 is 22.7 Å². The summed E-state index contributed by atoms with van der Waals surface area (Å²) in [5.41, 5.74) is -0.929. The van der Waals surface area contributed by atoms with Crippen LogP contribution in [0.4, 0.5) is 13.2 Å². The second kappa shape index (κ2) is 4.28. The molecule has 1 aromatic rings. The van der Waals surface area contributed by atoms with E-state index >= 15 is 0 Å². The predicted molar refractivity (Wildman–Crippen MR) is 61.7 cm³/mol. The maximum absolute atomic E-state index is 12.6. The van der Waals surface area contributed by atoms with Gasteiger partial charge in [-0.1, -0.05) is 15.9 Å². The third-order valence-electron chi connectivity index (χ3n) is 2.29. The summed E-state index contributed by atoms with van der Waals surface area (Å²) in [5, 5.41) is 0. The van der Waals surface area contributed by atoms with Gasteiger partial charge in [0.25, 0.3) is 0 Å². The van der Waals surface area contributed by atoms with E-state index in [1.165, 1.54) is 0 Å². The number of hydrogen-bond acceptors (Lipinski definition) is 2. The lowest BCUT2D eigenvalue weighted by molar-refractivity contribution is -0.137. The Balaban J connectivity index is 2.59. The van der Waals surface area contributed by atoms with Crippen molar-refractivity contribution >= 4 is 37.6 Å². The highest BCUT2D eigenvalue weighted by Crippen LogP contribution is 2.40. The predicted octanol–water partition coefficient (Wildman–Crippen LogP) is 3.81. The Morgan fingerprint density at radius 3 is 2.59 bits per heavy atom. The summed E-state index contributed by atoms with van der Waals surface area (Å²) in [4.78, 5) is 11.1. The lowest BCUT2D eigenvalue weighted by Crippen LogP contribution is -2.28. The van der Waals surface area contributed by atoms with E-state index in [0.717, 1.165) is 12.1 Å². The van der Waals surface area contributed by atoms with E-state index in [1.807, 2.05) is 0 Å².